The van der Waals surface area contributed by atoms with Crippen LogP contribution in [0.2, 0.25) is 0 Å². The summed E-state index contributed by atoms with van der Waals surface area (Å²) in [5.74, 6) is 1.04. The first kappa shape index (κ1) is 14.6. The van der Waals surface area contributed by atoms with Crippen molar-refractivity contribution in [3.05, 3.63) is 18.2 Å². The van der Waals surface area contributed by atoms with Crippen LogP contribution in [-0.4, -0.2) is 39.9 Å². The Balaban J connectivity index is 1.85. The van der Waals surface area contributed by atoms with Crippen LogP contribution >= 0.6 is 0 Å². The molecule has 2 heterocycles. The Morgan fingerprint density at radius 1 is 1.14 bits per heavy atom. The second-order valence-electron chi connectivity index (χ2n) is 5.72. The Kier molecular flexibility index (Phi) is 3.59. The molecule has 3 rings (SSSR count). The third-order valence-corrected chi connectivity index (χ3v) is 5.31. The number of nitrogens with one attached hydrogen (secondary N) is 1. The predicted octanol–water partition coefficient (Wildman–Crippen LogP) is 1.30. The van der Waals surface area contributed by atoms with Gasteiger partial charge >= 0.3 is 0 Å². The first-order valence-electron chi connectivity index (χ1n) is 6.94. The summed E-state index contributed by atoms with van der Waals surface area (Å²) in [5.41, 5.74) is -0.499. The molecule has 1 fully saturated rings. The summed E-state index contributed by atoms with van der Waals surface area (Å²) in [6.45, 7) is 5.23. The minimum atomic E-state index is -3.61. The maximum Gasteiger partial charge on any atom is 0.241 e. The first-order chi connectivity index (χ1) is 9.88. The summed E-state index contributed by atoms with van der Waals surface area (Å²) < 4.78 is 44.1. The molecular weight excluding hydrogens is 294 g/mol. The van der Waals surface area contributed by atoms with Crippen molar-refractivity contribution in [3.8, 4) is 11.5 Å². The van der Waals surface area contributed by atoms with Crippen LogP contribution in [0.25, 0.3) is 0 Å². The second kappa shape index (κ2) is 5.15. The van der Waals surface area contributed by atoms with E-state index in [-0.39, 0.29) is 10.9 Å². The molecule has 6 nitrogen and oxygen atoms in total. The Labute approximate surface area is 124 Å². The zero-order valence-electron chi connectivity index (χ0n) is 12.1. The maximum absolute atomic E-state index is 12.5. The number of hydrogen-bond donors (Lipinski definition) is 1. The third kappa shape index (κ3) is 2.86. The molecule has 21 heavy (non-hydrogen) atoms. The highest BCUT2D eigenvalue weighted by atomic mass is 32.2. The van der Waals surface area contributed by atoms with E-state index in [0.29, 0.717) is 37.7 Å². The number of benzene rings is 1. The zero-order valence-corrected chi connectivity index (χ0v) is 12.9. The van der Waals surface area contributed by atoms with E-state index in [4.69, 9.17) is 14.2 Å². The number of fused-ring (bicyclic) bond motifs is 1. The highest BCUT2D eigenvalue weighted by molar-refractivity contribution is 7.89. The summed E-state index contributed by atoms with van der Waals surface area (Å²) in [7, 11) is -3.61. The normalized spacial score (nSPS) is 24.0. The van der Waals surface area contributed by atoms with Crippen molar-refractivity contribution in [1.29, 1.82) is 0 Å². The van der Waals surface area contributed by atoms with Gasteiger partial charge < -0.3 is 14.2 Å². The van der Waals surface area contributed by atoms with Gasteiger partial charge in [-0.05, 0) is 32.4 Å². The van der Waals surface area contributed by atoms with Crippen molar-refractivity contribution in [2.75, 3.05) is 19.8 Å². The van der Waals surface area contributed by atoms with Crippen molar-refractivity contribution in [1.82, 2.24) is 4.72 Å². The van der Waals surface area contributed by atoms with E-state index >= 15 is 0 Å². The molecule has 0 aromatic heterocycles. The van der Waals surface area contributed by atoms with Crippen molar-refractivity contribution in [2.45, 2.75) is 36.8 Å². The summed E-state index contributed by atoms with van der Waals surface area (Å²) >= 11 is 0. The largest absolute Gasteiger partial charge is 0.486 e. The average molecular weight is 313 g/mol. The lowest BCUT2D eigenvalue weighted by Crippen LogP contribution is -2.46. The molecule has 0 saturated carbocycles. The van der Waals surface area contributed by atoms with Crippen molar-refractivity contribution >= 4 is 10.0 Å². The maximum atomic E-state index is 12.5. The summed E-state index contributed by atoms with van der Waals surface area (Å²) in [6, 6.07) is 4.41. The lowest BCUT2D eigenvalue weighted by Gasteiger charge is -2.26. The molecule has 2 aliphatic heterocycles. The minimum Gasteiger partial charge on any atom is -0.486 e. The number of rotatable bonds is 3. The molecule has 1 saturated heterocycles. The molecule has 0 unspecified atom stereocenters. The van der Waals surface area contributed by atoms with Gasteiger partial charge in [0, 0.05) is 12.7 Å². The smallest absolute Gasteiger partial charge is 0.241 e. The molecule has 1 aromatic carbocycles. The number of sulfonamides is 1. The Morgan fingerprint density at radius 2 is 1.86 bits per heavy atom. The van der Waals surface area contributed by atoms with E-state index in [1.807, 2.05) is 13.8 Å². The van der Waals surface area contributed by atoms with E-state index in [0.717, 1.165) is 0 Å². The molecule has 1 atom stereocenters. The van der Waals surface area contributed by atoms with Gasteiger partial charge in [0.1, 0.15) is 13.2 Å². The van der Waals surface area contributed by atoms with E-state index in [1.54, 1.807) is 6.07 Å². The zero-order chi connectivity index (χ0) is 15.1. The standard InChI is InChI=1S/C14H19NO5S/c1-14(2)13(5-6-20-14)15-21(16,17)10-3-4-11-12(9-10)19-8-7-18-11/h3-4,9,13,15H,5-8H2,1-2H3/t13-/m0/s1. The Morgan fingerprint density at radius 3 is 2.52 bits per heavy atom. The Bertz CT molecular complexity index is 641. The van der Waals surface area contributed by atoms with Gasteiger partial charge in [-0.2, -0.15) is 0 Å². The lowest BCUT2D eigenvalue weighted by molar-refractivity contribution is 0.0255. The molecule has 2 aliphatic rings. The van der Waals surface area contributed by atoms with Crippen LogP contribution < -0.4 is 14.2 Å². The molecule has 1 N–H and O–H groups in total. The van der Waals surface area contributed by atoms with Gasteiger partial charge in [0.2, 0.25) is 10.0 Å². The van der Waals surface area contributed by atoms with Crippen molar-refractivity contribution in [3.63, 3.8) is 0 Å². The number of ether oxygens (including phenoxy) is 3. The molecule has 0 amide bonds. The van der Waals surface area contributed by atoms with E-state index in [9.17, 15) is 8.42 Å². The van der Waals surface area contributed by atoms with Gasteiger partial charge in [-0.1, -0.05) is 0 Å². The van der Waals surface area contributed by atoms with Gasteiger partial charge in [-0.3, -0.25) is 0 Å². The van der Waals surface area contributed by atoms with Crippen LogP contribution in [0.4, 0.5) is 0 Å². The highest BCUT2D eigenvalue weighted by Gasteiger charge is 2.38. The van der Waals surface area contributed by atoms with Crippen LogP contribution in [-0.2, 0) is 14.8 Å². The quantitative estimate of drug-likeness (QED) is 0.910. The van der Waals surface area contributed by atoms with Gasteiger partial charge in [-0.25, -0.2) is 13.1 Å². The fraction of sp³-hybridized carbons (Fsp3) is 0.571. The summed E-state index contributed by atoms with van der Waals surface area (Å²) in [5, 5.41) is 0. The molecule has 0 bridgehead atoms. The monoisotopic (exact) mass is 313 g/mol. The number of hydrogen-bond acceptors (Lipinski definition) is 5. The molecule has 116 valence electrons. The van der Waals surface area contributed by atoms with E-state index in [2.05, 4.69) is 4.72 Å². The van der Waals surface area contributed by atoms with Crippen LogP contribution in [0.5, 0.6) is 11.5 Å². The highest BCUT2D eigenvalue weighted by Crippen LogP contribution is 2.33. The SMILES string of the molecule is CC1(C)OCC[C@@H]1NS(=O)(=O)c1ccc2c(c1)OCCO2. The van der Waals surface area contributed by atoms with Crippen molar-refractivity contribution < 1.29 is 22.6 Å². The van der Waals surface area contributed by atoms with Crippen LogP contribution in [0.15, 0.2) is 23.1 Å². The molecule has 0 aliphatic carbocycles. The van der Waals surface area contributed by atoms with Crippen molar-refractivity contribution in [2.24, 2.45) is 0 Å². The second-order valence-corrected chi connectivity index (χ2v) is 7.43. The van der Waals surface area contributed by atoms with Crippen LogP contribution in [0, 0.1) is 0 Å². The van der Waals surface area contributed by atoms with Gasteiger partial charge in [0.05, 0.1) is 16.5 Å². The minimum absolute atomic E-state index is 0.175. The van der Waals surface area contributed by atoms with E-state index < -0.39 is 15.6 Å². The molecule has 1 aromatic rings. The fourth-order valence-electron chi connectivity index (χ4n) is 2.54. The van der Waals surface area contributed by atoms with Gasteiger partial charge in [0.15, 0.2) is 11.5 Å². The third-order valence-electron chi connectivity index (χ3n) is 3.84. The van der Waals surface area contributed by atoms with E-state index in [1.165, 1.54) is 12.1 Å². The summed E-state index contributed by atoms with van der Waals surface area (Å²) in [4.78, 5) is 0.175. The molecule has 0 radical (unpaired) electrons. The average Bonchev–Trinajstić information content (AvgIpc) is 2.77. The molecular formula is C14H19NO5S. The predicted molar refractivity (Wildman–Crippen MR) is 76.2 cm³/mol. The van der Waals surface area contributed by atoms with Gasteiger partial charge in [-0.15, -0.1) is 0 Å². The van der Waals surface area contributed by atoms with Crippen LogP contribution in [0.3, 0.4) is 0 Å². The Hall–Kier alpha value is -1.31. The molecule has 7 heteroatoms. The fourth-order valence-corrected chi connectivity index (χ4v) is 3.96. The van der Waals surface area contributed by atoms with Gasteiger partial charge in [0.25, 0.3) is 0 Å². The molecule has 0 spiro atoms. The summed E-state index contributed by atoms with van der Waals surface area (Å²) in [6.07, 6.45) is 0.663. The topological polar surface area (TPSA) is 73.9 Å². The lowest BCUT2D eigenvalue weighted by atomic mass is 10.0. The first-order valence-corrected chi connectivity index (χ1v) is 8.43. The van der Waals surface area contributed by atoms with Crippen LogP contribution in [0.1, 0.15) is 20.3 Å².